The van der Waals surface area contributed by atoms with Gasteiger partial charge in [0.15, 0.2) is 0 Å². The van der Waals surface area contributed by atoms with Crippen LogP contribution in [0.1, 0.15) is 47.8 Å². The van der Waals surface area contributed by atoms with E-state index in [9.17, 15) is 13.2 Å². The van der Waals surface area contributed by atoms with Gasteiger partial charge in [0.05, 0.1) is 13.4 Å². The maximum Gasteiger partial charge on any atom is 0.259 e. The summed E-state index contributed by atoms with van der Waals surface area (Å²) >= 11 is 0. The summed E-state index contributed by atoms with van der Waals surface area (Å²) in [4.78, 5) is 19.4. The molecule has 0 bridgehead atoms. The molecule has 26 heavy (non-hydrogen) atoms. The number of amides is 1. The summed E-state index contributed by atoms with van der Waals surface area (Å²) in [6, 6.07) is 1.66. The molecular weight excluding hydrogens is 354 g/mol. The quantitative estimate of drug-likeness (QED) is 0.804. The number of pyridine rings is 1. The maximum absolute atomic E-state index is 13.1. The zero-order valence-electron chi connectivity index (χ0n) is 15.6. The molecule has 8 heteroatoms. The van der Waals surface area contributed by atoms with Crippen molar-refractivity contribution in [3.05, 3.63) is 22.9 Å². The molecule has 1 saturated heterocycles. The van der Waals surface area contributed by atoms with Crippen molar-refractivity contribution in [2.75, 3.05) is 26.5 Å². The Kier molecular flexibility index (Phi) is 5.53. The van der Waals surface area contributed by atoms with Crippen LogP contribution in [0, 0.1) is 5.92 Å². The largest absolute Gasteiger partial charge is 0.480 e. The van der Waals surface area contributed by atoms with Crippen LogP contribution in [0.2, 0.25) is 0 Å². The Morgan fingerprint density at radius 2 is 2.15 bits per heavy atom. The van der Waals surface area contributed by atoms with E-state index in [0.717, 1.165) is 49.6 Å². The van der Waals surface area contributed by atoms with Gasteiger partial charge in [0.1, 0.15) is 5.56 Å². The summed E-state index contributed by atoms with van der Waals surface area (Å²) in [5.74, 6) is 0.345. The maximum atomic E-state index is 13.1. The van der Waals surface area contributed by atoms with E-state index in [2.05, 4.69) is 16.6 Å². The Hall–Kier alpha value is -1.67. The van der Waals surface area contributed by atoms with Gasteiger partial charge in [-0.2, -0.15) is 0 Å². The van der Waals surface area contributed by atoms with Crippen molar-refractivity contribution >= 4 is 15.9 Å². The number of nitrogens with one attached hydrogen (secondary N) is 1. The lowest BCUT2D eigenvalue weighted by molar-refractivity contribution is 0.0780. The molecule has 2 heterocycles. The van der Waals surface area contributed by atoms with E-state index in [4.69, 9.17) is 4.74 Å². The summed E-state index contributed by atoms with van der Waals surface area (Å²) in [7, 11) is -1.79. The molecule has 7 nitrogen and oxygen atoms in total. The normalized spacial score (nSPS) is 22.5. The van der Waals surface area contributed by atoms with Crippen molar-refractivity contribution in [2.24, 2.45) is 5.92 Å². The number of carbonyl (C=O) groups is 1. The molecule has 2 aliphatic rings. The van der Waals surface area contributed by atoms with Crippen LogP contribution in [0.3, 0.4) is 0 Å². The van der Waals surface area contributed by atoms with Crippen LogP contribution < -0.4 is 9.46 Å². The van der Waals surface area contributed by atoms with E-state index in [1.165, 1.54) is 7.11 Å². The number of hydrogen-bond donors (Lipinski definition) is 1. The lowest BCUT2D eigenvalue weighted by Gasteiger charge is -2.18. The van der Waals surface area contributed by atoms with Crippen LogP contribution in [0.5, 0.6) is 5.88 Å². The minimum absolute atomic E-state index is 0.118. The third kappa shape index (κ3) is 4.01. The number of methoxy groups -OCH3 is 1. The van der Waals surface area contributed by atoms with Gasteiger partial charge in [-0.3, -0.25) is 4.79 Å². The van der Waals surface area contributed by atoms with Crippen LogP contribution in [0.4, 0.5) is 0 Å². The molecule has 1 aliphatic heterocycles. The molecule has 1 fully saturated rings. The zero-order valence-corrected chi connectivity index (χ0v) is 16.4. The molecule has 1 aliphatic carbocycles. The third-order valence-electron chi connectivity index (χ3n) is 5.19. The highest BCUT2D eigenvalue weighted by Gasteiger charge is 2.37. The smallest absolute Gasteiger partial charge is 0.259 e. The highest BCUT2D eigenvalue weighted by atomic mass is 32.2. The Morgan fingerprint density at radius 1 is 1.38 bits per heavy atom. The van der Waals surface area contributed by atoms with Gasteiger partial charge in [-0.25, -0.2) is 18.1 Å². The van der Waals surface area contributed by atoms with E-state index in [1.54, 1.807) is 4.90 Å². The highest BCUT2D eigenvalue weighted by Crippen LogP contribution is 2.30. The number of carbonyl (C=O) groups excluding carboxylic acids is 1. The number of aromatic nitrogens is 1. The molecule has 144 valence electrons. The SMILES string of the molecule is CCC[C@@H]1CN(C(=O)c2cc3c(nc2OC)CCC3)C[C@H]1NS(C)(=O)=O. The number of ether oxygens (including phenoxy) is 1. The van der Waals surface area contributed by atoms with Gasteiger partial charge in [0, 0.05) is 24.8 Å². The van der Waals surface area contributed by atoms with Crippen LogP contribution in [0.25, 0.3) is 0 Å². The van der Waals surface area contributed by atoms with Crippen molar-refractivity contribution in [1.82, 2.24) is 14.6 Å². The summed E-state index contributed by atoms with van der Waals surface area (Å²) in [5.41, 5.74) is 2.60. The van der Waals surface area contributed by atoms with Crippen LogP contribution >= 0.6 is 0 Å². The summed E-state index contributed by atoms with van der Waals surface area (Å²) < 4.78 is 31.4. The molecule has 1 aromatic heterocycles. The standard InChI is InChI=1S/C18H27N3O4S/c1-4-6-13-10-21(11-16(13)20-26(3,23)24)18(22)14-9-12-7-5-8-15(12)19-17(14)25-2/h9,13,16,20H,4-8,10-11H2,1-3H3/t13-,16-/m1/s1. The first-order chi connectivity index (χ1) is 12.3. The molecule has 0 radical (unpaired) electrons. The summed E-state index contributed by atoms with van der Waals surface area (Å²) in [6.45, 7) is 2.98. The van der Waals surface area contributed by atoms with Gasteiger partial charge in [0.25, 0.3) is 5.91 Å². The van der Waals surface area contributed by atoms with Gasteiger partial charge in [0.2, 0.25) is 15.9 Å². The second kappa shape index (κ2) is 7.52. The molecule has 0 unspecified atom stereocenters. The van der Waals surface area contributed by atoms with Crippen molar-refractivity contribution in [3.8, 4) is 5.88 Å². The molecule has 0 saturated carbocycles. The number of rotatable bonds is 6. The Morgan fingerprint density at radius 3 is 2.81 bits per heavy atom. The number of nitrogens with zero attached hydrogens (tertiary/aromatic N) is 2. The van der Waals surface area contributed by atoms with Crippen molar-refractivity contribution < 1.29 is 17.9 Å². The van der Waals surface area contributed by atoms with E-state index in [-0.39, 0.29) is 17.9 Å². The predicted octanol–water partition coefficient (Wildman–Crippen LogP) is 1.37. The van der Waals surface area contributed by atoms with Crippen molar-refractivity contribution in [1.29, 1.82) is 0 Å². The second-order valence-corrected chi connectivity index (χ2v) is 9.04. The third-order valence-corrected chi connectivity index (χ3v) is 5.92. The number of sulfonamides is 1. The molecule has 1 aromatic rings. The molecule has 3 rings (SSSR count). The van der Waals surface area contributed by atoms with Gasteiger partial charge >= 0.3 is 0 Å². The Labute approximate surface area is 155 Å². The van der Waals surface area contributed by atoms with Gasteiger partial charge in [-0.15, -0.1) is 0 Å². The first-order valence-electron chi connectivity index (χ1n) is 9.15. The van der Waals surface area contributed by atoms with Crippen molar-refractivity contribution in [3.63, 3.8) is 0 Å². The fraction of sp³-hybridized carbons (Fsp3) is 0.667. The molecule has 1 amide bonds. The number of likely N-dealkylation sites (tertiary alicyclic amines) is 1. The number of aryl methyl sites for hydroxylation is 2. The van der Waals surface area contributed by atoms with E-state index >= 15 is 0 Å². The first kappa shape index (κ1) is 19.1. The van der Waals surface area contributed by atoms with Crippen LogP contribution in [-0.4, -0.2) is 56.7 Å². The Balaban J connectivity index is 1.84. The van der Waals surface area contributed by atoms with Gasteiger partial charge < -0.3 is 9.64 Å². The van der Waals surface area contributed by atoms with Crippen LogP contribution in [0.15, 0.2) is 6.07 Å². The predicted molar refractivity (Wildman–Crippen MR) is 98.9 cm³/mol. The van der Waals surface area contributed by atoms with E-state index in [1.807, 2.05) is 6.07 Å². The molecule has 2 atom stereocenters. The van der Waals surface area contributed by atoms with Crippen molar-refractivity contribution in [2.45, 2.75) is 45.1 Å². The first-order valence-corrected chi connectivity index (χ1v) is 11.0. The highest BCUT2D eigenvalue weighted by molar-refractivity contribution is 7.88. The lowest BCUT2D eigenvalue weighted by Crippen LogP contribution is -2.40. The summed E-state index contributed by atoms with van der Waals surface area (Å²) in [5, 5.41) is 0. The second-order valence-electron chi connectivity index (χ2n) is 7.26. The summed E-state index contributed by atoms with van der Waals surface area (Å²) in [6.07, 6.45) is 5.88. The average molecular weight is 381 g/mol. The molecule has 0 spiro atoms. The van der Waals surface area contributed by atoms with Crippen LogP contribution in [-0.2, 0) is 22.9 Å². The van der Waals surface area contributed by atoms with E-state index < -0.39 is 10.0 Å². The van der Waals surface area contributed by atoms with Gasteiger partial charge in [-0.05, 0) is 43.2 Å². The topological polar surface area (TPSA) is 88.6 Å². The van der Waals surface area contributed by atoms with E-state index in [0.29, 0.717) is 24.5 Å². The minimum Gasteiger partial charge on any atom is -0.480 e. The lowest BCUT2D eigenvalue weighted by atomic mass is 9.99. The average Bonchev–Trinajstić information content (AvgIpc) is 3.18. The minimum atomic E-state index is -3.32. The molecule has 0 aromatic carbocycles. The Bertz CT molecular complexity index is 794. The molecular formula is C18H27N3O4S. The van der Waals surface area contributed by atoms with Gasteiger partial charge in [-0.1, -0.05) is 13.3 Å². The number of fused-ring (bicyclic) bond motifs is 1. The fourth-order valence-corrected chi connectivity index (χ4v) is 4.86. The monoisotopic (exact) mass is 381 g/mol. The zero-order chi connectivity index (χ0) is 18.9. The fourth-order valence-electron chi connectivity index (χ4n) is 4.04. The molecule has 1 N–H and O–H groups in total. The number of hydrogen-bond acceptors (Lipinski definition) is 5.